The van der Waals surface area contributed by atoms with Gasteiger partial charge < -0.3 is 10.1 Å². The van der Waals surface area contributed by atoms with Crippen LogP contribution in [0.25, 0.3) is 16.3 Å². The van der Waals surface area contributed by atoms with Crippen LogP contribution in [0.3, 0.4) is 0 Å². The van der Waals surface area contributed by atoms with Gasteiger partial charge in [-0.25, -0.2) is 4.79 Å². The maximum atomic E-state index is 12.8. The molecule has 0 aliphatic heterocycles. The molecule has 0 radical (unpaired) electrons. The summed E-state index contributed by atoms with van der Waals surface area (Å²) in [5, 5.41) is 5.06. The number of nitrogens with one attached hydrogen (secondary N) is 1. The number of anilines is 1. The zero-order valence-corrected chi connectivity index (χ0v) is 18.7. The average Bonchev–Trinajstić information content (AvgIpc) is 2.78. The van der Waals surface area contributed by atoms with E-state index in [4.69, 9.17) is 4.74 Å². The van der Waals surface area contributed by atoms with Crippen molar-refractivity contribution >= 4 is 33.9 Å². The Morgan fingerprint density at radius 1 is 1.03 bits per heavy atom. The summed E-state index contributed by atoms with van der Waals surface area (Å²) in [4.78, 5) is 26.9. The van der Waals surface area contributed by atoms with Crippen LogP contribution in [-0.2, 0) is 9.53 Å². The van der Waals surface area contributed by atoms with Gasteiger partial charge in [-0.05, 0) is 67.2 Å². The minimum Gasteiger partial charge on any atom is -0.465 e. The molecule has 0 heterocycles. The van der Waals surface area contributed by atoms with Crippen LogP contribution in [0.4, 0.5) is 5.69 Å². The summed E-state index contributed by atoms with van der Waals surface area (Å²) in [6.07, 6.45) is 1.52. The van der Waals surface area contributed by atoms with Gasteiger partial charge in [-0.2, -0.15) is 0 Å². The second-order valence-electron chi connectivity index (χ2n) is 7.67. The Labute approximate surface area is 188 Å². The van der Waals surface area contributed by atoms with Crippen molar-refractivity contribution in [3.05, 3.63) is 83.4 Å². The molecule has 0 aliphatic rings. The molecule has 0 fully saturated rings. The van der Waals surface area contributed by atoms with E-state index in [1.807, 2.05) is 62.3 Å². The molecule has 162 valence electrons. The molecule has 0 saturated carbocycles. The van der Waals surface area contributed by atoms with E-state index in [2.05, 4.69) is 23.2 Å². The fourth-order valence-electron chi connectivity index (χ4n) is 3.20. The largest absolute Gasteiger partial charge is 0.465 e. The predicted molar refractivity (Wildman–Crippen MR) is 129 cm³/mol. The van der Waals surface area contributed by atoms with E-state index in [0.717, 1.165) is 21.9 Å². The van der Waals surface area contributed by atoms with Crippen molar-refractivity contribution in [2.24, 2.45) is 0 Å². The first-order valence-corrected chi connectivity index (χ1v) is 10.2. The van der Waals surface area contributed by atoms with Gasteiger partial charge in [-0.1, -0.05) is 48.2 Å². The molecule has 0 unspecified atom stereocenters. The highest BCUT2D eigenvalue weighted by Gasteiger charge is 2.14. The molecule has 32 heavy (non-hydrogen) atoms. The Morgan fingerprint density at radius 3 is 2.50 bits per heavy atom. The number of hydrogen-bond donors (Lipinski definition) is 1. The van der Waals surface area contributed by atoms with Crippen molar-refractivity contribution in [3.63, 3.8) is 0 Å². The lowest BCUT2D eigenvalue weighted by Gasteiger charge is -2.10. The number of nitrogens with zero attached hydrogens (tertiary/aromatic N) is 1. The Kier molecular flexibility index (Phi) is 7.43. The molecule has 0 saturated heterocycles. The van der Waals surface area contributed by atoms with Gasteiger partial charge in [-0.3, -0.25) is 9.69 Å². The minimum atomic E-state index is -0.525. The molecule has 3 rings (SSSR count). The highest BCUT2D eigenvalue weighted by molar-refractivity contribution is 6.08. The normalized spacial score (nSPS) is 11.1. The van der Waals surface area contributed by atoms with Crippen molar-refractivity contribution in [1.82, 2.24) is 4.90 Å². The Bertz CT molecular complexity index is 1250. The molecule has 1 amide bonds. The highest BCUT2D eigenvalue weighted by atomic mass is 16.5. The second-order valence-corrected chi connectivity index (χ2v) is 7.67. The molecule has 1 N–H and O–H groups in total. The maximum Gasteiger partial charge on any atom is 0.339 e. The van der Waals surface area contributed by atoms with Crippen LogP contribution < -0.4 is 5.32 Å². The molecule has 0 bridgehead atoms. The van der Waals surface area contributed by atoms with Gasteiger partial charge in [0.15, 0.2) is 0 Å². The maximum absolute atomic E-state index is 12.8. The summed E-state index contributed by atoms with van der Waals surface area (Å²) in [6, 6.07) is 19.2. The van der Waals surface area contributed by atoms with E-state index >= 15 is 0 Å². The first-order valence-electron chi connectivity index (χ1n) is 10.2. The van der Waals surface area contributed by atoms with E-state index in [-0.39, 0.29) is 11.5 Å². The third-order valence-corrected chi connectivity index (χ3v) is 4.86. The smallest absolute Gasteiger partial charge is 0.339 e. The average molecular weight is 427 g/mol. The van der Waals surface area contributed by atoms with E-state index in [9.17, 15) is 9.59 Å². The minimum absolute atomic E-state index is 0.274. The Balaban J connectivity index is 1.86. The van der Waals surface area contributed by atoms with Crippen LogP contribution in [0.2, 0.25) is 0 Å². The number of carbonyl (C=O) groups excluding carboxylic acids is 2. The van der Waals surface area contributed by atoms with Crippen molar-refractivity contribution in [2.75, 3.05) is 33.1 Å². The first-order chi connectivity index (χ1) is 15.4. The highest BCUT2D eigenvalue weighted by Crippen LogP contribution is 2.22. The lowest BCUT2D eigenvalue weighted by Crippen LogP contribution is -2.14. The number of methoxy groups -OCH3 is 1. The van der Waals surface area contributed by atoms with Gasteiger partial charge in [0.05, 0.1) is 24.9 Å². The molecule has 3 aromatic rings. The Hall–Kier alpha value is -3.88. The first kappa shape index (κ1) is 22.8. The third kappa shape index (κ3) is 5.84. The fraction of sp³-hybridized carbons (Fsp3) is 0.185. The van der Waals surface area contributed by atoms with E-state index < -0.39 is 5.97 Å². The summed E-state index contributed by atoms with van der Waals surface area (Å²) in [5.74, 6) is 5.24. The second kappa shape index (κ2) is 10.4. The van der Waals surface area contributed by atoms with Gasteiger partial charge in [0.1, 0.15) is 0 Å². The van der Waals surface area contributed by atoms with Crippen molar-refractivity contribution in [1.29, 1.82) is 0 Å². The topological polar surface area (TPSA) is 58.6 Å². The zero-order valence-electron chi connectivity index (χ0n) is 18.7. The number of benzene rings is 3. The van der Waals surface area contributed by atoms with Crippen LogP contribution in [0.1, 0.15) is 28.4 Å². The van der Waals surface area contributed by atoms with Crippen LogP contribution >= 0.6 is 0 Å². The number of amides is 1. The molecule has 5 nitrogen and oxygen atoms in total. The van der Waals surface area contributed by atoms with Crippen molar-refractivity contribution in [3.8, 4) is 11.8 Å². The Morgan fingerprint density at radius 2 is 1.78 bits per heavy atom. The molecular formula is C27H26N2O3. The molecule has 0 aromatic heterocycles. The predicted octanol–water partition coefficient (Wildman–Crippen LogP) is 4.58. The van der Waals surface area contributed by atoms with Crippen molar-refractivity contribution < 1.29 is 14.3 Å². The van der Waals surface area contributed by atoms with Crippen LogP contribution in [0, 0.1) is 11.8 Å². The van der Waals surface area contributed by atoms with Gasteiger partial charge in [-0.15, -0.1) is 0 Å². The number of ether oxygens (including phenoxy) is 1. The monoisotopic (exact) mass is 426 g/mol. The summed E-state index contributed by atoms with van der Waals surface area (Å²) in [6.45, 7) is 2.49. The molecule has 0 spiro atoms. The summed E-state index contributed by atoms with van der Waals surface area (Å²) < 4.78 is 4.85. The lowest BCUT2D eigenvalue weighted by molar-refractivity contribution is -0.111. The number of esters is 1. The van der Waals surface area contributed by atoms with Crippen LogP contribution in [0.5, 0.6) is 0 Å². The molecule has 0 aliphatic carbocycles. The molecule has 5 heteroatoms. The zero-order chi connectivity index (χ0) is 23.1. The summed E-state index contributed by atoms with van der Waals surface area (Å²) in [7, 11) is 5.18. The van der Waals surface area contributed by atoms with Gasteiger partial charge in [0.2, 0.25) is 5.91 Å². The lowest BCUT2D eigenvalue weighted by atomic mass is 10.0. The van der Waals surface area contributed by atoms with Gasteiger partial charge in [0.25, 0.3) is 0 Å². The van der Waals surface area contributed by atoms with E-state index in [1.165, 1.54) is 13.2 Å². The fourth-order valence-corrected chi connectivity index (χ4v) is 3.20. The third-order valence-electron chi connectivity index (χ3n) is 4.86. The summed E-state index contributed by atoms with van der Waals surface area (Å²) in [5.41, 5.74) is 3.10. The van der Waals surface area contributed by atoms with Crippen LogP contribution in [-0.4, -0.2) is 44.5 Å². The standard InChI is InChI=1S/C27H26N2O3/c1-19(22-13-12-21-9-5-6-10-23(21)18-22)16-26(30)28-25-17-20(8-7-15-29(2)3)11-14-24(25)27(31)32-4/h5-6,9-14,16-18H,15H2,1-4H3,(H,28,30)/b19-16-. The van der Waals surface area contributed by atoms with Crippen molar-refractivity contribution in [2.45, 2.75) is 6.92 Å². The molecular weight excluding hydrogens is 400 g/mol. The molecule has 3 aromatic carbocycles. The quantitative estimate of drug-likeness (QED) is 0.369. The number of hydrogen-bond acceptors (Lipinski definition) is 4. The van der Waals surface area contributed by atoms with Gasteiger partial charge in [0, 0.05) is 11.6 Å². The van der Waals surface area contributed by atoms with E-state index in [0.29, 0.717) is 17.8 Å². The molecule has 0 atom stereocenters. The number of fused-ring (bicyclic) bond motifs is 1. The van der Waals surface area contributed by atoms with Crippen LogP contribution in [0.15, 0.2) is 66.7 Å². The number of carbonyl (C=O) groups is 2. The SMILES string of the molecule is COC(=O)c1ccc(C#CCN(C)C)cc1NC(=O)/C=C(/C)c1ccc2ccccc2c1. The summed E-state index contributed by atoms with van der Waals surface area (Å²) >= 11 is 0. The number of allylic oxidation sites excluding steroid dienone is 1. The number of rotatable bonds is 5. The van der Waals surface area contributed by atoms with E-state index in [1.54, 1.807) is 18.2 Å². The van der Waals surface area contributed by atoms with Gasteiger partial charge >= 0.3 is 5.97 Å².